The molecule has 0 bridgehead atoms. The maximum atomic E-state index is 13.4. The fraction of sp³-hybridized carbons (Fsp3) is 0.120. The van der Waals surface area contributed by atoms with E-state index in [9.17, 15) is 14.4 Å². The van der Waals surface area contributed by atoms with Gasteiger partial charge < -0.3 is 10.1 Å². The fourth-order valence-corrected chi connectivity index (χ4v) is 4.80. The average molecular weight is 458 g/mol. The van der Waals surface area contributed by atoms with Crippen LogP contribution in [-0.4, -0.2) is 40.8 Å². The lowest BCUT2D eigenvalue weighted by molar-refractivity contribution is -0.119. The Hall–Kier alpha value is -4.04. The zero-order chi connectivity index (χ0) is 22.9. The molecule has 0 fully saturated rings. The molecule has 1 aliphatic rings. The van der Waals surface area contributed by atoms with Crippen LogP contribution in [0.15, 0.2) is 72.8 Å². The van der Waals surface area contributed by atoms with Crippen molar-refractivity contribution in [1.29, 1.82) is 0 Å². The molecule has 3 aromatic carbocycles. The molecule has 0 aliphatic carbocycles. The largest absolute Gasteiger partial charge is 0.497 e. The summed E-state index contributed by atoms with van der Waals surface area (Å²) in [6, 6.07) is 20.3. The van der Waals surface area contributed by atoms with E-state index in [2.05, 4.69) is 10.3 Å². The van der Waals surface area contributed by atoms with Crippen LogP contribution in [-0.2, 0) is 11.2 Å². The predicted octanol–water partition coefficient (Wildman–Crippen LogP) is 4.15. The molecule has 3 amide bonds. The van der Waals surface area contributed by atoms with E-state index in [4.69, 9.17) is 4.74 Å². The summed E-state index contributed by atoms with van der Waals surface area (Å²) in [7, 11) is 1.58. The van der Waals surface area contributed by atoms with E-state index in [1.54, 1.807) is 37.4 Å². The van der Waals surface area contributed by atoms with Crippen LogP contribution in [0.2, 0.25) is 0 Å². The number of fused-ring (bicyclic) bond motifs is 2. The minimum atomic E-state index is -1.03. The van der Waals surface area contributed by atoms with Crippen molar-refractivity contribution >= 4 is 44.4 Å². The zero-order valence-electron chi connectivity index (χ0n) is 17.6. The van der Waals surface area contributed by atoms with Crippen molar-refractivity contribution in [2.75, 3.05) is 12.4 Å². The van der Waals surface area contributed by atoms with Crippen LogP contribution < -0.4 is 10.1 Å². The van der Waals surface area contributed by atoms with Crippen molar-refractivity contribution in [1.82, 2.24) is 9.88 Å². The van der Waals surface area contributed by atoms with E-state index in [1.165, 1.54) is 11.3 Å². The van der Waals surface area contributed by atoms with Crippen molar-refractivity contribution in [3.63, 3.8) is 0 Å². The smallest absolute Gasteiger partial charge is 0.262 e. The maximum absolute atomic E-state index is 13.4. The number of carbonyl (C=O) groups excluding carboxylic acids is 3. The van der Waals surface area contributed by atoms with Gasteiger partial charge in [0, 0.05) is 6.42 Å². The molecule has 1 aromatic heterocycles. The molecule has 1 aliphatic heterocycles. The Balaban J connectivity index is 1.47. The van der Waals surface area contributed by atoms with Crippen LogP contribution >= 0.6 is 11.3 Å². The van der Waals surface area contributed by atoms with Gasteiger partial charge in [-0.25, -0.2) is 4.98 Å². The number of anilines is 1. The van der Waals surface area contributed by atoms with Gasteiger partial charge in [0.1, 0.15) is 11.8 Å². The number of methoxy groups -OCH3 is 1. The fourth-order valence-electron chi connectivity index (χ4n) is 3.90. The van der Waals surface area contributed by atoms with Crippen molar-refractivity contribution in [3.8, 4) is 5.75 Å². The van der Waals surface area contributed by atoms with Crippen molar-refractivity contribution in [2.24, 2.45) is 0 Å². The van der Waals surface area contributed by atoms with Gasteiger partial charge in [0.25, 0.3) is 11.8 Å². The lowest BCUT2D eigenvalue weighted by Gasteiger charge is -2.25. The summed E-state index contributed by atoms with van der Waals surface area (Å²) in [5, 5.41) is 3.20. The quantitative estimate of drug-likeness (QED) is 0.440. The number of rotatable bonds is 6. The van der Waals surface area contributed by atoms with Crippen molar-refractivity contribution in [3.05, 3.63) is 89.5 Å². The van der Waals surface area contributed by atoms with Gasteiger partial charge in [-0.3, -0.25) is 19.3 Å². The predicted molar refractivity (Wildman–Crippen MR) is 126 cm³/mol. The molecule has 33 heavy (non-hydrogen) atoms. The molecule has 0 saturated carbocycles. The van der Waals surface area contributed by atoms with E-state index in [0.29, 0.717) is 22.0 Å². The number of nitrogens with zero attached hydrogens (tertiary/aromatic N) is 2. The molecule has 164 valence electrons. The van der Waals surface area contributed by atoms with Crippen LogP contribution in [0.1, 0.15) is 26.3 Å². The number of hydrogen-bond acceptors (Lipinski definition) is 6. The molecule has 5 rings (SSSR count). The number of ether oxygens (including phenoxy) is 1. The summed E-state index contributed by atoms with van der Waals surface area (Å²) in [6.07, 6.45) is 0.191. The minimum absolute atomic E-state index is 0.191. The summed E-state index contributed by atoms with van der Waals surface area (Å²) in [5.41, 5.74) is 2.17. The third kappa shape index (κ3) is 3.85. The Morgan fingerprint density at radius 3 is 2.33 bits per heavy atom. The maximum Gasteiger partial charge on any atom is 0.262 e. The molecule has 0 spiro atoms. The number of imide groups is 1. The molecular weight excluding hydrogens is 438 g/mol. The summed E-state index contributed by atoms with van der Waals surface area (Å²) in [4.78, 5) is 45.2. The first-order valence-corrected chi connectivity index (χ1v) is 11.1. The first kappa shape index (κ1) is 20.8. The number of hydrogen-bond donors (Lipinski definition) is 1. The SMILES string of the molecule is COc1ccc2nc(NC(=O)[C@H](Cc3ccccc3)N3C(=O)c4ccccc4C3=O)sc2c1. The van der Waals surface area contributed by atoms with Gasteiger partial charge >= 0.3 is 0 Å². The first-order chi connectivity index (χ1) is 16.0. The number of benzene rings is 3. The molecule has 0 saturated heterocycles. The second-order valence-corrected chi connectivity index (χ2v) is 8.60. The zero-order valence-corrected chi connectivity index (χ0v) is 18.5. The van der Waals surface area contributed by atoms with Crippen LogP contribution in [0.3, 0.4) is 0 Å². The number of amides is 3. The highest BCUT2D eigenvalue weighted by Gasteiger charge is 2.42. The van der Waals surface area contributed by atoms with Gasteiger partial charge in [-0.05, 0) is 35.9 Å². The molecule has 8 heteroatoms. The van der Waals surface area contributed by atoms with Crippen molar-refractivity contribution in [2.45, 2.75) is 12.5 Å². The number of nitrogens with one attached hydrogen (secondary N) is 1. The van der Waals surface area contributed by atoms with E-state index >= 15 is 0 Å². The standard InChI is InChI=1S/C25H19N3O4S/c1-32-16-11-12-19-21(14-16)33-25(26-19)27-22(29)20(13-15-7-3-2-4-8-15)28-23(30)17-9-5-6-10-18(17)24(28)31/h2-12,14,20H,13H2,1H3,(H,26,27,29)/t20-/m0/s1. The highest BCUT2D eigenvalue weighted by atomic mass is 32.1. The van der Waals surface area contributed by atoms with Crippen LogP contribution in [0.4, 0.5) is 5.13 Å². The normalized spacial score (nSPS) is 13.8. The van der Waals surface area contributed by atoms with E-state index < -0.39 is 23.8 Å². The number of thiazole rings is 1. The second kappa shape index (κ2) is 8.48. The van der Waals surface area contributed by atoms with E-state index in [0.717, 1.165) is 20.7 Å². The lowest BCUT2D eigenvalue weighted by atomic mass is 10.0. The third-order valence-electron chi connectivity index (χ3n) is 5.54. The Bertz CT molecular complexity index is 1350. The van der Waals surface area contributed by atoms with Gasteiger partial charge in [-0.2, -0.15) is 0 Å². The van der Waals surface area contributed by atoms with Gasteiger partial charge in [0.2, 0.25) is 5.91 Å². The van der Waals surface area contributed by atoms with Gasteiger partial charge in [-0.1, -0.05) is 53.8 Å². The number of carbonyl (C=O) groups is 3. The van der Waals surface area contributed by atoms with Crippen LogP contribution in [0, 0.1) is 0 Å². The molecule has 0 radical (unpaired) electrons. The first-order valence-electron chi connectivity index (χ1n) is 10.3. The minimum Gasteiger partial charge on any atom is -0.497 e. The van der Waals surface area contributed by atoms with E-state index in [1.807, 2.05) is 42.5 Å². The highest BCUT2D eigenvalue weighted by molar-refractivity contribution is 7.22. The molecular formula is C25H19N3O4S. The molecule has 1 N–H and O–H groups in total. The van der Waals surface area contributed by atoms with Gasteiger partial charge in [0.05, 0.1) is 28.5 Å². The van der Waals surface area contributed by atoms with Crippen molar-refractivity contribution < 1.29 is 19.1 Å². The highest BCUT2D eigenvalue weighted by Crippen LogP contribution is 2.31. The Morgan fingerprint density at radius 1 is 1.00 bits per heavy atom. The summed E-state index contributed by atoms with van der Waals surface area (Å²) >= 11 is 1.30. The Morgan fingerprint density at radius 2 is 1.67 bits per heavy atom. The summed E-state index contributed by atoms with van der Waals surface area (Å²) in [5.74, 6) is -0.724. The van der Waals surface area contributed by atoms with Gasteiger partial charge in [0.15, 0.2) is 5.13 Å². The molecule has 2 heterocycles. The monoisotopic (exact) mass is 457 g/mol. The number of aromatic nitrogens is 1. The molecule has 1 atom stereocenters. The summed E-state index contributed by atoms with van der Waals surface area (Å²) < 4.78 is 6.10. The molecule has 0 unspecified atom stereocenters. The Kier molecular flexibility index (Phi) is 5.35. The summed E-state index contributed by atoms with van der Waals surface area (Å²) in [6.45, 7) is 0. The van der Waals surface area contributed by atoms with Crippen LogP contribution in [0.5, 0.6) is 5.75 Å². The molecule has 4 aromatic rings. The molecule has 7 nitrogen and oxygen atoms in total. The van der Waals surface area contributed by atoms with E-state index in [-0.39, 0.29) is 6.42 Å². The third-order valence-corrected chi connectivity index (χ3v) is 6.47. The lowest BCUT2D eigenvalue weighted by Crippen LogP contribution is -2.48. The average Bonchev–Trinajstić information content (AvgIpc) is 3.35. The van der Waals surface area contributed by atoms with Crippen LogP contribution in [0.25, 0.3) is 10.2 Å². The topological polar surface area (TPSA) is 88.6 Å². The van der Waals surface area contributed by atoms with Gasteiger partial charge in [-0.15, -0.1) is 0 Å². The second-order valence-electron chi connectivity index (χ2n) is 7.57. The Labute approximate surface area is 193 Å².